The second kappa shape index (κ2) is 20.2. The number of aryl methyl sites for hydroxylation is 1. The van der Waals surface area contributed by atoms with Crippen LogP contribution in [-0.4, -0.2) is 67.6 Å². The SMILES string of the molecule is CC(C)c1nc(CN(C)C(=O)N[C@@H](CCn2ccnc2)C(=O)N[C@H](CC[C@H](Cc2ccccc2)NC(=O)OCc2cncs2)Cc2ccccc2)cs1. The zero-order valence-corrected chi connectivity index (χ0v) is 32.0. The van der Waals surface area contributed by atoms with Crippen molar-refractivity contribution in [1.29, 1.82) is 0 Å². The highest BCUT2D eigenvalue weighted by Gasteiger charge is 2.26. The zero-order chi connectivity index (χ0) is 37.4. The number of alkyl carbamates (subject to hydrolysis) is 1. The van der Waals surface area contributed by atoms with Gasteiger partial charge in [0.2, 0.25) is 5.91 Å². The molecule has 0 spiro atoms. The van der Waals surface area contributed by atoms with Gasteiger partial charge in [0.05, 0.1) is 34.0 Å². The molecule has 3 heterocycles. The molecular weight excluding hydrogens is 709 g/mol. The Hall–Kier alpha value is -5.08. The molecule has 3 atom stereocenters. The van der Waals surface area contributed by atoms with Crippen LogP contribution in [0.15, 0.2) is 96.5 Å². The van der Waals surface area contributed by atoms with E-state index >= 15 is 0 Å². The number of carbonyl (C=O) groups is 3. The van der Waals surface area contributed by atoms with Gasteiger partial charge in [-0.25, -0.2) is 19.6 Å². The van der Waals surface area contributed by atoms with Crippen molar-refractivity contribution in [2.45, 2.75) is 89.7 Å². The minimum Gasteiger partial charge on any atom is -0.444 e. The summed E-state index contributed by atoms with van der Waals surface area (Å²) in [6.07, 6.45) is 9.05. The molecule has 5 rings (SSSR count). The van der Waals surface area contributed by atoms with Gasteiger partial charge in [-0.1, -0.05) is 74.5 Å². The molecular formula is C39H48N8O4S2. The van der Waals surface area contributed by atoms with Crippen LogP contribution in [0.1, 0.15) is 65.7 Å². The van der Waals surface area contributed by atoms with Crippen LogP contribution in [0, 0.1) is 0 Å². The Bertz CT molecular complexity index is 1820. The van der Waals surface area contributed by atoms with Gasteiger partial charge in [0, 0.05) is 55.6 Å². The molecule has 12 nitrogen and oxygen atoms in total. The number of amides is 4. The van der Waals surface area contributed by atoms with Crippen LogP contribution < -0.4 is 16.0 Å². The fourth-order valence-corrected chi connectivity index (χ4v) is 7.14. The summed E-state index contributed by atoms with van der Waals surface area (Å²) in [6.45, 7) is 5.14. The maximum atomic E-state index is 14.1. The number of aromatic nitrogens is 4. The van der Waals surface area contributed by atoms with Gasteiger partial charge >= 0.3 is 12.1 Å². The van der Waals surface area contributed by atoms with E-state index < -0.39 is 12.1 Å². The smallest absolute Gasteiger partial charge is 0.407 e. The number of imidazole rings is 1. The first-order chi connectivity index (χ1) is 25.7. The van der Waals surface area contributed by atoms with E-state index in [9.17, 15) is 14.4 Å². The molecule has 0 aliphatic heterocycles. The topological polar surface area (TPSA) is 143 Å². The molecule has 0 aliphatic rings. The summed E-state index contributed by atoms with van der Waals surface area (Å²) in [7, 11) is 1.70. The van der Waals surface area contributed by atoms with Gasteiger partial charge in [-0.05, 0) is 43.2 Å². The fourth-order valence-electron chi connectivity index (χ4n) is 5.81. The predicted molar refractivity (Wildman–Crippen MR) is 208 cm³/mol. The van der Waals surface area contributed by atoms with Crippen molar-refractivity contribution >= 4 is 40.7 Å². The first kappa shape index (κ1) is 39.1. The maximum Gasteiger partial charge on any atom is 0.407 e. The van der Waals surface area contributed by atoms with Crippen LogP contribution in [0.3, 0.4) is 0 Å². The molecule has 0 fully saturated rings. The molecule has 53 heavy (non-hydrogen) atoms. The van der Waals surface area contributed by atoms with Crippen molar-refractivity contribution in [3.63, 3.8) is 0 Å². The number of ether oxygens (including phenoxy) is 1. The number of hydrogen-bond donors (Lipinski definition) is 3. The van der Waals surface area contributed by atoms with E-state index in [0.717, 1.165) is 26.7 Å². The number of nitrogens with one attached hydrogen (secondary N) is 3. The lowest BCUT2D eigenvalue weighted by Crippen LogP contribution is -2.53. The molecule has 0 saturated heterocycles. The number of urea groups is 1. The average Bonchev–Trinajstić information content (AvgIpc) is 3.96. The number of thiazole rings is 2. The standard InChI is InChI=1S/C39H48N8O4S2/c1-28(2)37-43-33(25-52-37)23-46(3)38(49)45-35(16-18-47-19-17-40-26-47)36(48)42-31(20-29-10-6-4-7-11-29)14-15-32(21-30-12-8-5-9-13-30)44-39(50)51-24-34-22-41-27-53-34/h4-13,17,19,22,25-28,31-32,35H,14-16,18,20-21,23-24H2,1-3H3,(H,42,48)(H,44,50)(H,45,49)/t31-,32-,35+/m1/s1. The van der Waals surface area contributed by atoms with E-state index in [2.05, 4.69) is 44.7 Å². The first-order valence-electron chi connectivity index (χ1n) is 17.8. The second-order valence-electron chi connectivity index (χ2n) is 13.3. The normalized spacial score (nSPS) is 12.8. The van der Waals surface area contributed by atoms with Crippen LogP contribution in [0.4, 0.5) is 9.59 Å². The number of carbonyl (C=O) groups excluding carboxylic acids is 3. The summed E-state index contributed by atoms with van der Waals surface area (Å²) < 4.78 is 7.40. The molecule has 2 aromatic carbocycles. The predicted octanol–water partition coefficient (Wildman–Crippen LogP) is 6.57. The van der Waals surface area contributed by atoms with Crippen molar-refractivity contribution in [3.8, 4) is 0 Å². The number of rotatable bonds is 19. The third-order valence-corrected chi connectivity index (χ3v) is 10.6. The van der Waals surface area contributed by atoms with Gasteiger partial charge in [-0.15, -0.1) is 22.7 Å². The van der Waals surface area contributed by atoms with Crippen molar-refractivity contribution in [3.05, 3.63) is 123 Å². The summed E-state index contributed by atoms with van der Waals surface area (Å²) in [6, 6.07) is 18.2. The number of nitrogens with zero attached hydrogens (tertiary/aromatic N) is 5. The van der Waals surface area contributed by atoms with Gasteiger partial charge < -0.3 is 30.2 Å². The van der Waals surface area contributed by atoms with Crippen molar-refractivity contribution in [2.75, 3.05) is 7.05 Å². The Morgan fingerprint density at radius 1 is 0.868 bits per heavy atom. The highest BCUT2D eigenvalue weighted by atomic mass is 32.1. The van der Waals surface area contributed by atoms with Crippen molar-refractivity contribution < 1.29 is 19.1 Å². The minimum absolute atomic E-state index is 0.144. The molecule has 0 unspecified atom stereocenters. The third kappa shape index (κ3) is 13.1. The van der Waals surface area contributed by atoms with Gasteiger partial charge in [0.1, 0.15) is 12.6 Å². The molecule has 0 bridgehead atoms. The lowest BCUT2D eigenvalue weighted by atomic mass is 9.95. The highest BCUT2D eigenvalue weighted by molar-refractivity contribution is 7.09. The van der Waals surface area contributed by atoms with Crippen LogP contribution in [0.2, 0.25) is 0 Å². The average molecular weight is 757 g/mol. The quantitative estimate of drug-likeness (QED) is 0.0866. The maximum absolute atomic E-state index is 14.1. The Kier molecular flexibility index (Phi) is 14.9. The van der Waals surface area contributed by atoms with Crippen LogP contribution >= 0.6 is 22.7 Å². The Labute approximate surface area is 319 Å². The highest BCUT2D eigenvalue weighted by Crippen LogP contribution is 2.20. The monoisotopic (exact) mass is 756 g/mol. The van der Waals surface area contributed by atoms with Crippen LogP contribution in [-0.2, 0) is 42.1 Å². The number of benzene rings is 2. The van der Waals surface area contributed by atoms with Gasteiger partial charge in [0.25, 0.3) is 0 Å². The molecule has 5 aromatic rings. The molecule has 3 N–H and O–H groups in total. The van der Waals surface area contributed by atoms with Gasteiger partial charge in [0.15, 0.2) is 0 Å². The van der Waals surface area contributed by atoms with E-state index in [4.69, 9.17) is 4.74 Å². The largest absolute Gasteiger partial charge is 0.444 e. The van der Waals surface area contributed by atoms with Gasteiger partial charge in [-0.3, -0.25) is 9.78 Å². The van der Waals surface area contributed by atoms with E-state index in [-0.39, 0.29) is 30.6 Å². The molecule has 4 amide bonds. The van der Waals surface area contributed by atoms with Crippen LogP contribution in [0.5, 0.6) is 0 Å². The molecule has 0 saturated carbocycles. The Balaban J connectivity index is 1.28. The summed E-state index contributed by atoms with van der Waals surface area (Å²) in [4.78, 5) is 55.8. The molecule has 3 aromatic heterocycles. The van der Waals surface area contributed by atoms with Crippen molar-refractivity contribution in [2.24, 2.45) is 0 Å². The number of hydrogen-bond acceptors (Lipinski definition) is 9. The lowest BCUT2D eigenvalue weighted by molar-refractivity contribution is -0.124. The van der Waals surface area contributed by atoms with Crippen molar-refractivity contribution in [1.82, 2.24) is 40.4 Å². The molecule has 14 heteroatoms. The van der Waals surface area contributed by atoms with Gasteiger partial charge in [-0.2, -0.15) is 0 Å². The minimum atomic E-state index is -0.813. The molecule has 0 radical (unpaired) electrons. The second-order valence-corrected chi connectivity index (χ2v) is 15.2. The Morgan fingerprint density at radius 3 is 2.13 bits per heavy atom. The summed E-state index contributed by atoms with van der Waals surface area (Å²) in [5, 5.41) is 12.3. The first-order valence-corrected chi connectivity index (χ1v) is 19.6. The van der Waals surface area contributed by atoms with E-state index in [1.807, 2.05) is 76.8 Å². The molecule has 280 valence electrons. The third-order valence-electron chi connectivity index (χ3n) is 8.67. The van der Waals surface area contributed by atoms with E-state index in [1.165, 1.54) is 11.3 Å². The molecule has 0 aliphatic carbocycles. The summed E-state index contributed by atoms with van der Waals surface area (Å²) in [5.41, 5.74) is 4.66. The fraction of sp³-hybridized carbons (Fsp3) is 0.385. The Morgan fingerprint density at radius 2 is 1.55 bits per heavy atom. The summed E-state index contributed by atoms with van der Waals surface area (Å²) in [5.74, 6) is 0.0282. The van der Waals surface area contributed by atoms with Crippen LogP contribution in [0.25, 0.3) is 0 Å². The summed E-state index contributed by atoms with van der Waals surface area (Å²) >= 11 is 3.01. The zero-order valence-electron chi connectivity index (χ0n) is 30.4. The van der Waals surface area contributed by atoms with E-state index in [1.54, 1.807) is 47.5 Å². The van der Waals surface area contributed by atoms with E-state index in [0.29, 0.717) is 51.1 Å². The lowest BCUT2D eigenvalue weighted by Gasteiger charge is -2.27.